The molecule has 0 bridgehead atoms. The molecule has 0 radical (unpaired) electrons. The Balaban J connectivity index is 2.15. The van der Waals surface area contributed by atoms with E-state index in [-0.39, 0.29) is 0 Å². The number of thiophene rings is 1. The first-order chi connectivity index (χ1) is 7.33. The third-order valence-corrected chi connectivity index (χ3v) is 4.20. The molecule has 2 unspecified atom stereocenters. The Morgan fingerprint density at radius 3 is 3.00 bits per heavy atom. The molecule has 2 rings (SSSR count). The zero-order valence-corrected chi connectivity index (χ0v) is 10.1. The molecule has 1 aliphatic rings. The number of rotatable bonds is 3. The fourth-order valence-electron chi connectivity index (χ4n) is 2.67. The molecule has 1 saturated carbocycles. The van der Waals surface area contributed by atoms with Gasteiger partial charge in [0.05, 0.1) is 0 Å². The van der Waals surface area contributed by atoms with Crippen molar-refractivity contribution in [3.8, 4) is 0 Å². The predicted octanol–water partition coefficient (Wildman–Crippen LogP) is 4.00. The smallest absolute Gasteiger partial charge is 0.136 e. The maximum absolute atomic E-state index is 11.9. The van der Waals surface area contributed by atoms with Crippen LogP contribution in [-0.2, 0) is 4.79 Å². The Kier molecular flexibility index (Phi) is 3.57. The van der Waals surface area contributed by atoms with E-state index in [1.165, 1.54) is 12.0 Å². The van der Waals surface area contributed by atoms with Crippen molar-refractivity contribution in [3.05, 3.63) is 22.4 Å². The summed E-state index contributed by atoms with van der Waals surface area (Å²) in [4.78, 5) is 11.9. The third kappa shape index (κ3) is 2.31. The van der Waals surface area contributed by atoms with Crippen LogP contribution in [0.4, 0.5) is 0 Å². The van der Waals surface area contributed by atoms with Gasteiger partial charge in [0.2, 0.25) is 0 Å². The zero-order valence-electron chi connectivity index (χ0n) is 9.24. The lowest BCUT2D eigenvalue weighted by molar-refractivity contribution is -0.125. The summed E-state index contributed by atoms with van der Waals surface area (Å²) in [6, 6.07) is 2.18. The monoisotopic (exact) mass is 222 g/mol. The number of ketones is 1. The minimum atomic E-state index is 0.304. The molecule has 1 heterocycles. The largest absolute Gasteiger partial charge is 0.299 e. The molecule has 0 aliphatic heterocycles. The van der Waals surface area contributed by atoms with E-state index in [9.17, 15) is 4.79 Å². The van der Waals surface area contributed by atoms with Gasteiger partial charge in [-0.3, -0.25) is 4.79 Å². The van der Waals surface area contributed by atoms with Crippen LogP contribution >= 0.6 is 11.3 Å². The van der Waals surface area contributed by atoms with Gasteiger partial charge in [-0.15, -0.1) is 0 Å². The van der Waals surface area contributed by atoms with Gasteiger partial charge in [-0.1, -0.05) is 13.3 Å². The van der Waals surface area contributed by atoms with Crippen molar-refractivity contribution in [1.82, 2.24) is 0 Å². The van der Waals surface area contributed by atoms with Gasteiger partial charge in [0.15, 0.2) is 0 Å². The molecule has 1 fully saturated rings. The molecular formula is C13H18OS. The third-order valence-electron chi connectivity index (χ3n) is 3.50. The van der Waals surface area contributed by atoms with E-state index in [2.05, 4.69) is 23.8 Å². The van der Waals surface area contributed by atoms with Crippen LogP contribution in [0.25, 0.3) is 0 Å². The lowest BCUT2D eigenvalue weighted by atomic mass is 9.75. The van der Waals surface area contributed by atoms with E-state index in [4.69, 9.17) is 0 Å². The predicted molar refractivity (Wildman–Crippen MR) is 64.3 cm³/mol. The second-order valence-electron chi connectivity index (χ2n) is 4.39. The van der Waals surface area contributed by atoms with E-state index >= 15 is 0 Å². The van der Waals surface area contributed by atoms with Crippen molar-refractivity contribution in [3.63, 3.8) is 0 Å². The minimum absolute atomic E-state index is 0.304. The van der Waals surface area contributed by atoms with Crippen molar-refractivity contribution in [2.75, 3.05) is 0 Å². The molecule has 0 N–H and O–H groups in total. The molecular weight excluding hydrogens is 204 g/mol. The van der Waals surface area contributed by atoms with Crippen LogP contribution in [0.15, 0.2) is 16.8 Å². The van der Waals surface area contributed by atoms with Crippen LogP contribution in [-0.4, -0.2) is 5.78 Å². The summed E-state index contributed by atoms with van der Waals surface area (Å²) in [7, 11) is 0. The van der Waals surface area contributed by atoms with Gasteiger partial charge in [-0.05, 0) is 47.6 Å². The Morgan fingerprint density at radius 1 is 1.53 bits per heavy atom. The lowest BCUT2D eigenvalue weighted by Crippen LogP contribution is -2.25. The first-order valence-electron chi connectivity index (χ1n) is 5.87. The van der Waals surface area contributed by atoms with E-state index in [1.54, 1.807) is 11.3 Å². The Morgan fingerprint density at radius 2 is 2.40 bits per heavy atom. The molecule has 2 heteroatoms. The summed E-state index contributed by atoms with van der Waals surface area (Å²) in [6.45, 7) is 2.20. The first-order valence-corrected chi connectivity index (χ1v) is 6.82. The molecule has 0 aromatic carbocycles. The highest BCUT2D eigenvalue weighted by Gasteiger charge is 2.30. The molecule has 0 spiro atoms. The van der Waals surface area contributed by atoms with Crippen molar-refractivity contribution >= 4 is 17.1 Å². The SMILES string of the molecule is CCC(c1ccsc1)C1CCCCC1=O. The summed E-state index contributed by atoms with van der Waals surface area (Å²) in [5.74, 6) is 1.28. The maximum Gasteiger partial charge on any atom is 0.136 e. The van der Waals surface area contributed by atoms with Gasteiger partial charge in [0.25, 0.3) is 0 Å². The van der Waals surface area contributed by atoms with Gasteiger partial charge in [0, 0.05) is 12.3 Å². The van der Waals surface area contributed by atoms with Crippen molar-refractivity contribution in [1.29, 1.82) is 0 Å². The summed E-state index contributed by atoms with van der Waals surface area (Å²) in [6.07, 6.45) is 5.35. The second kappa shape index (κ2) is 4.93. The van der Waals surface area contributed by atoms with Crippen molar-refractivity contribution in [2.24, 2.45) is 5.92 Å². The standard InChI is InChI=1S/C13H18OS/c1-2-11(10-7-8-15-9-10)12-5-3-4-6-13(12)14/h7-9,11-12H,2-6H2,1H3. The highest BCUT2D eigenvalue weighted by molar-refractivity contribution is 7.07. The summed E-state index contributed by atoms with van der Waals surface area (Å²) >= 11 is 1.74. The fraction of sp³-hybridized carbons (Fsp3) is 0.615. The summed E-state index contributed by atoms with van der Waals surface area (Å²) in [5.41, 5.74) is 1.38. The quantitative estimate of drug-likeness (QED) is 0.755. The van der Waals surface area contributed by atoms with Crippen LogP contribution in [0.3, 0.4) is 0 Å². The number of hydrogen-bond acceptors (Lipinski definition) is 2. The number of carbonyl (C=O) groups is 1. The van der Waals surface area contributed by atoms with Gasteiger partial charge < -0.3 is 0 Å². The molecule has 1 aromatic rings. The summed E-state index contributed by atoms with van der Waals surface area (Å²) in [5, 5.41) is 4.32. The average molecular weight is 222 g/mol. The zero-order chi connectivity index (χ0) is 10.7. The minimum Gasteiger partial charge on any atom is -0.299 e. The molecule has 1 aliphatic carbocycles. The van der Waals surface area contributed by atoms with Gasteiger partial charge >= 0.3 is 0 Å². The molecule has 1 nitrogen and oxygen atoms in total. The molecule has 0 amide bonds. The second-order valence-corrected chi connectivity index (χ2v) is 5.17. The van der Waals surface area contributed by atoms with Gasteiger partial charge in [0.1, 0.15) is 5.78 Å². The Hall–Kier alpha value is -0.630. The Labute approximate surface area is 95.5 Å². The summed E-state index contributed by atoms with van der Waals surface area (Å²) < 4.78 is 0. The molecule has 2 atom stereocenters. The lowest BCUT2D eigenvalue weighted by Gasteiger charge is -2.27. The van der Waals surface area contributed by atoms with E-state index in [0.29, 0.717) is 17.6 Å². The van der Waals surface area contributed by atoms with E-state index in [0.717, 1.165) is 25.7 Å². The molecule has 0 saturated heterocycles. The fourth-order valence-corrected chi connectivity index (χ4v) is 3.40. The van der Waals surface area contributed by atoms with Crippen LogP contribution in [0.1, 0.15) is 50.5 Å². The molecule has 1 aromatic heterocycles. The van der Waals surface area contributed by atoms with Crippen LogP contribution in [0.2, 0.25) is 0 Å². The average Bonchev–Trinajstić information content (AvgIpc) is 2.75. The van der Waals surface area contributed by atoms with Gasteiger partial charge in [-0.2, -0.15) is 11.3 Å². The van der Waals surface area contributed by atoms with Crippen LogP contribution < -0.4 is 0 Å². The normalized spacial score (nSPS) is 24.1. The number of Topliss-reactive ketones (excluding diaryl/α,β-unsaturated/α-hetero) is 1. The van der Waals surface area contributed by atoms with Gasteiger partial charge in [-0.25, -0.2) is 0 Å². The number of carbonyl (C=O) groups excluding carboxylic acids is 1. The first kappa shape index (κ1) is 10.9. The van der Waals surface area contributed by atoms with Crippen molar-refractivity contribution < 1.29 is 4.79 Å². The highest BCUT2D eigenvalue weighted by atomic mass is 32.1. The Bertz CT molecular complexity index is 315. The van der Waals surface area contributed by atoms with E-state index in [1.807, 2.05) is 0 Å². The maximum atomic E-state index is 11.9. The van der Waals surface area contributed by atoms with Crippen LogP contribution in [0.5, 0.6) is 0 Å². The molecule has 15 heavy (non-hydrogen) atoms. The van der Waals surface area contributed by atoms with E-state index < -0.39 is 0 Å². The van der Waals surface area contributed by atoms with Crippen LogP contribution in [0, 0.1) is 5.92 Å². The topological polar surface area (TPSA) is 17.1 Å². The highest BCUT2D eigenvalue weighted by Crippen LogP contribution is 2.36. The number of hydrogen-bond donors (Lipinski definition) is 0. The van der Waals surface area contributed by atoms with Crippen molar-refractivity contribution in [2.45, 2.75) is 44.9 Å². The molecule has 82 valence electrons.